The molecule has 0 saturated heterocycles. The molecule has 3 rings (SSSR count). The third kappa shape index (κ3) is 5.17. The summed E-state index contributed by atoms with van der Waals surface area (Å²) < 4.78 is 5.38. The fourth-order valence-electron chi connectivity index (χ4n) is 2.55. The van der Waals surface area contributed by atoms with E-state index in [-0.39, 0.29) is 12.1 Å². The highest BCUT2D eigenvalue weighted by Gasteiger charge is 2.11. The highest BCUT2D eigenvalue weighted by Crippen LogP contribution is 2.21. The minimum absolute atomic E-state index is 0.120. The number of anilines is 1. The average molecular weight is 364 g/mol. The number of aromatic nitrogens is 2. The molecule has 0 fully saturated rings. The van der Waals surface area contributed by atoms with Crippen LogP contribution >= 0.6 is 0 Å². The largest absolute Gasteiger partial charge is 0.339 e. The lowest BCUT2D eigenvalue weighted by atomic mass is 10.1. The zero-order valence-electron chi connectivity index (χ0n) is 15.8. The van der Waals surface area contributed by atoms with Crippen molar-refractivity contribution in [3.8, 4) is 11.4 Å². The monoisotopic (exact) mass is 364 g/mol. The first-order valence-electron chi connectivity index (χ1n) is 9.09. The molecule has 0 aliphatic heterocycles. The molecule has 0 spiro atoms. The number of hydrogen-bond acceptors (Lipinski definition) is 4. The first-order chi connectivity index (χ1) is 13.0. The first-order valence-corrected chi connectivity index (χ1v) is 9.09. The molecule has 1 aromatic heterocycles. The molecule has 0 saturated carbocycles. The topological polar surface area (TPSA) is 80.0 Å². The van der Waals surface area contributed by atoms with Crippen LogP contribution in [0, 0.1) is 6.92 Å². The number of nitrogens with zero attached hydrogens (tertiary/aromatic N) is 2. The van der Waals surface area contributed by atoms with E-state index in [1.807, 2.05) is 38.1 Å². The van der Waals surface area contributed by atoms with E-state index in [4.69, 9.17) is 4.52 Å². The van der Waals surface area contributed by atoms with Crippen LogP contribution in [-0.2, 0) is 6.42 Å². The van der Waals surface area contributed by atoms with Crippen LogP contribution in [0.3, 0.4) is 0 Å². The number of benzene rings is 2. The van der Waals surface area contributed by atoms with Crippen LogP contribution in [0.1, 0.15) is 37.3 Å². The summed E-state index contributed by atoms with van der Waals surface area (Å²) in [6.45, 7) is 6.04. The van der Waals surface area contributed by atoms with E-state index < -0.39 is 0 Å². The van der Waals surface area contributed by atoms with Crippen LogP contribution in [0.2, 0.25) is 0 Å². The van der Waals surface area contributed by atoms with Crippen molar-refractivity contribution in [2.24, 2.45) is 0 Å². The molecule has 1 atom stereocenters. The van der Waals surface area contributed by atoms with Gasteiger partial charge in [0.05, 0.1) is 6.42 Å². The van der Waals surface area contributed by atoms with Gasteiger partial charge in [0.2, 0.25) is 11.7 Å². The van der Waals surface area contributed by atoms with Crippen LogP contribution in [0.25, 0.3) is 11.4 Å². The fourth-order valence-corrected chi connectivity index (χ4v) is 2.55. The van der Waals surface area contributed by atoms with E-state index in [9.17, 15) is 4.79 Å². The second kappa shape index (κ2) is 8.49. The van der Waals surface area contributed by atoms with Gasteiger partial charge >= 0.3 is 6.03 Å². The van der Waals surface area contributed by atoms with E-state index in [2.05, 4.69) is 52.0 Å². The van der Waals surface area contributed by atoms with Gasteiger partial charge in [-0.05, 0) is 38.0 Å². The van der Waals surface area contributed by atoms with Crippen molar-refractivity contribution in [3.05, 3.63) is 65.5 Å². The molecule has 1 heterocycles. The van der Waals surface area contributed by atoms with Gasteiger partial charge in [-0.15, -0.1) is 0 Å². The molecule has 2 amide bonds. The average Bonchev–Trinajstić information content (AvgIpc) is 3.12. The van der Waals surface area contributed by atoms with Gasteiger partial charge in [-0.25, -0.2) is 4.79 Å². The third-order valence-electron chi connectivity index (χ3n) is 4.31. The van der Waals surface area contributed by atoms with E-state index in [1.54, 1.807) is 0 Å². The second-order valence-corrected chi connectivity index (χ2v) is 6.66. The predicted octanol–water partition coefficient (Wildman–Crippen LogP) is 4.56. The zero-order valence-corrected chi connectivity index (χ0v) is 15.8. The van der Waals surface area contributed by atoms with Gasteiger partial charge in [-0.3, -0.25) is 0 Å². The first kappa shape index (κ1) is 18.6. The normalized spacial score (nSPS) is 11.8. The number of nitrogens with one attached hydrogen (secondary N) is 2. The van der Waals surface area contributed by atoms with Crippen molar-refractivity contribution in [3.63, 3.8) is 0 Å². The Balaban J connectivity index is 1.69. The molecular weight excluding hydrogens is 340 g/mol. The second-order valence-electron chi connectivity index (χ2n) is 6.66. The Morgan fingerprint density at radius 1 is 1.19 bits per heavy atom. The van der Waals surface area contributed by atoms with Gasteiger partial charge in [0.15, 0.2) is 0 Å². The van der Waals surface area contributed by atoms with Crippen molar-refractivity contribution in [2.45, 2.75) is 39.7 Å². The van der Waals surface area contributed by atoms with Gasteiger partial charge < -0.3 is 15.2 Å². The molecule has 0 radical (unpaired) electrons. The number of urea groups is 1. The Kier molecular flexibility index (Phi) is 5.86. The number of amides is 2. The summed E-state index contributed by atoms with van der Waals surface area (Å²) in [6, 6.07) is 15.5. The Bertz CT molecular complexity index is 903. The summed E-state index contributed by atoms with van der Waals surface area (Å²) in [6.07, 6.45) is 1.46. The van der Waals surface area contributed by atoms with Crippen LogP contribution in [0.4, 0.5) is 10.5 Å². The molecule has 0 aliphatic carbocycles. The molecule has 6 nitrogen and oxygen atoms in total. The van der Waals surface area contributed by atoms with Crippen molar-refractivity contribution in [2.75, 3.05) is 5.32 Å². The maximum Gasteiger partial charge on any atom is 0.319 e. The number of carbonyl (C=O) groups is 1. The third-order valence-corrected chi connectivity index (χ3v) is 4.31. The minimum atomic E-state index is -0.227. The molecule has 6 heteroatoms. The summed E-state index contributed by atoms with van der Waals surface area (Å²) in [4.78, 5) is 16.5. The van der Waals surface area contributed by atoms with Gasteiger partial charge in [0, 0.05) is 17.3 Å². The van der Waals surface area contributed by atoms with Crippen molar-refractivity contribution in [1.82, 2.24) is 15.5 Å². The van der Waals surface area contributed by atoms with Crippen LogP contribution in [0.15, 0.2) is 53.1 Å². The standard InChI is InChI=1S/C21H24N4O2/c1-4-15(3)22-21(26)23-18-7-5-6-17(13-18)20-24-19(27-25-20)12-16-10-8-14(2)9-11-16/h5-11,13,15H,4,12H2,1-3H3,(H2,22,23,26). The van der Waals surface area contributed by atoms with Gasteiger partial charge in [-0.2, -0.15) is 4.98 Å². The lowest BCUT2D eigenvalue weighted by Gasteiger charge is -2.12. The number of aryl methyl sites for hydroxylation is 1. The molecule has 140 valence electrons. The Morgan fingerprint density at radius 2 is 1.96 bits per heavy atom. The summed E-state index contributed by atoms with van der Waals surface area (Å²) in [5, 5.41) is 9.77. The van der Waals surface area contributed by atoms with Crippen molar-refractivity contribution < 1.29 is 9.32 Å². The lowest BCUT2D eigenvalue weighted by molar-refractivity contribution is 0.249. The molecule has 3 aromatic rings. The number of carbonyl (C=O) groups excluding carboxylic acids is 1. The summed E-state index contributed by atoms with van der Waals surface area (Å²) >= 11 is 0. The van der Waals surface area contributed by atoms with Crippen LogP contribution < -0.4 is 10.6 Å². The molecule has 0 aliphatic rings. The maximum atomic E-state index is 12.0. The van der Waals surface area contributed by atoms with E-state index in [1.165, 1.54) is 5.56 Å². The Morgan fingerprint density at radius 3 is 2.70 bits per heavy atom. The molecular formula is C21H24N4O2. The molecule has 27 heavy (non-hydrogen) atoms. The Labute approximate surface area is 159 Å². The van der Waals surface area contributed by atoms with E-state index in [0.29, 0.717) is 23.8 Å². The highest BCUT2D eigenvalue weighted by molar-refractivity contribution is 5.90. The smallest absolute Gasteiger partial charge is 0.319 e. The number of hydrogen-bond donors (Lipinski definition) is 2. The summed E-state index contributed by atoms with van der Waals surface area (Å²) in [7, 11) is 0. The fraction of sp³-hybridized carbons (Fsp3) is 0.286. The maximum absolute atomic E-state index is 12.0. The van der Waals surface area contributed by atoms with Gasteiger partial charge in [0.1, 0.15) is 0 Å². The van der Waals surface area contributed by atoms with E-state index >= 15 is 0 Å². The minimum Gasteiger partial charge on any atom is -0.339 e. The lowest BCUT2D eigenvalue weighted by Crippen LogP contribution is -2.35. The molecule has 2 N–H and O–H groups in total. The van der Waals surface area contributed by atoms with Gasteiger partial charge in [0.25, 0.3) is 0 Å². The van der Waals surface area contributed by atoms with Gasteiger partial charge in [-0.1, -0.05) is 54.0 Å². The zero-order chi connectivity index (χ0) is 19.2. The highest BCUT2D eigenvalue weighted by atomic mass is 16.5. The molecule has 0 bridgehead atoms. The molecule has 1 unspecified atom stereocenters. The summed E-state index contributed by atoms with van der Waals surface area (Å²) in [5.74, 6) is 1.06. The predicted molar refractivity (Wildman–Crippen MR) is 106 cm³/mol. The van der Waals surface area contributed by atoms with E-state index in [0.717, 1.165) is 17.5 Å². The quantitative estimate of drug-likeness (QED) is 0.672. The van der Waals surface area contributed by atoms with Crippen LogP contribution in [-0.4, -0.2) is 22.2 Å². The Hall–Kier alpha value is -3.15. The van der Waals surface area contributed by atoms with Crippen molar-refractivity contribution >= 4 is 11.7 Å². The SMILES string of the molecule is CCC(C)NC(=O)Nc1cccc(-c2noc(Cc3ccc(C)cc3)n2)c1. The van der Waals surface area contributed by atoms with Crippen LogP contribution in [0.5, 0.6) is 0 Å². The molecule has 2 aromatic carbocycles. The number of rotatable bonds is 6. The van der Waals surface area contributed by atoms with Crippen molar-refractivity contribution in [1.29, 1.82) is 0 Å². The summed E-state index contributed by atoms with van der Waals surface area (Å²) in [5.41, 5.74) is 3.80.